The van der Waals surface area contributed by atoms with Crippen molar-refractivity contribution in [3.05, 3.63) is 59.7 Å². The van der Waals surface area contributed by atoms with E-state index in [-0.39, 0.29) is 31.5 Å². The van der Waals surface area contributed by atoms with Crippen molar-refractivity contribution in [2.75, 3.05) is 20.3 Å². The molecule has 0 radical (unpaired) electrons. The normalized spacial score (nSPS) is 14.1. The zero-order chi connectivity index (χ0) is 24.8. The van der Waals surface area contributed by atoms with Gasteiger partial charge in [0, 0.05) is 25.6 Å². The standard InChI is InChI=1S/C26H32N2O6/c1-16(2)28(14-13-23(29)30)25(31)24(17(3)33-4)27-26(32)34-15-22-20-11-7-5-9-18(20)19-10-6-8-12-21(19)22/h5-12,16-17,22,24H,13-15H2,1-4H3,(H,27,32)(H,29,30). The molecular weight excluding hydrogens is 436 g/mol. The fourth-order valence-corrected chi connectivity index (χ4v) is 4.30. The van der Waals surface area contributed by atoms with Crippen molar-refractivity contribution in [3.63, 3.8) is 0 Å². The number of benzene rings is 2. The smallest absolute Gasteiger partial charge is 0.407 e. The van der Waals surface area contributed by atoms with Crippen LogP contribution in [0.25, 0.3) is 11.1 Å². The fraction of sp³-hybridized carbons (Fsp3) is 0.423. The summed E-state index contributed by atoms with van der Waals surface area (Å²) < 4.78 is 10.9. The van der Waals surface area contributed by atoms with Crippen LogP contribution in [0.1, 0.15) is 44.2 Å². The second-order valence-electron chi connectivity index (χ2n) is 8.66. The molecule has 1 aliphatic carbocycles. The minimum absolute atomic E-state index is 0.0329. The summed E-state index contributed by atoms with van der Waals surface area (Å²) in [6.07, 6.45) is -1.56. The first-order valence-corrected chi connectivity index (χ1v) is 11.4. The number of alkyl carbamates (subject to hydrolysis) is 1. The number of amides is 2. The molecule has 2 N–H and O–H groups in total. The number of ether oxygens (including phenoxy) is 2. The van der Waals surface area contributed by atoms with Crippen LogP contribution >= 0.6 is 0 Å². The maximum atomic E-state index is 13.2. The number of methoxy groups -OCH3 is 1. The zero-order valence-corrected chi connectivity index (χ0v) is 20.0. The highest BCUT2D eigenvalue weighted by atomic mass is 16.5. The highest BCUT2D eigenvalue weighted by Gasteiger charge is 2.34. The lowest BCUT2D eigenvalue weighted by Gasteiger charge is -2.32. The molecule has 0 bridgehead atoms. The number of nitrogens with zero attached hydrogens (tertiary/aromatic N) is 1. The molecule has 0 aliphatic heterocycles. The number of fused-ring (bicyclic) bond motifs is 3. The number of carboxylic acid groups (broad SMARTS) is 1. The highest BCUT2D eigenvalue weighted by Crippen LogP contribution is 2.44. The monoisotopic (exact) mass is 468 g/mol. The van der Waals surface area contributed by atoms with Crippen LogP contribution in [-0.2, 0) is 19.1 Å². The molecule has 0 heterocycles. The molecule has 0 fully saturated rings. The number of hydrogen-bond acceptors (Lipinski definition) is 5. The molecule has 0 saturated heterocycles. The summed E-state index contributed by atoms with van der Waals surface area (Å²) in [4.78, 5) is 38.4. The molecule has 8 nitrogen and oxygen atoms in total. The van der Waals surface area contributed by atoms with Crippen molar-refractivity contribution >= 4 is 18.0 Å². The molecule has 2 atom stereocenters. The van der Waals surface area contributed by atoms with Gasteiger partial charge in [-0.2, -0.15) is 0 Å². The van der Waals surface area contributed by atoms with Gasteiger partial charge < -0.3 is 24.8 Å². The third-order valence-electron chi connectivity index (χ3n) is 6.20. The maximum absolute atomic E-state index is 13.2. The molecule has 0 aromatic heterocycles. The summed E-state index contributed by atoms with van der Waals surface area (Å²) in [7, 11) is 1.45. The fourth-order valence-electron chi connectivity index (χ4n) is 4.30. The number of nitrogens with one attached hydrogen (secondary N) is 1. The Morgan fingerprint density at radius 1 is 1.00 bits per heavy atom. The Labute approximate surface area is 199 Å². The summed E-state index contributed by atoms with van der Waals surface area (Å²) >= 11 is 0. The van der Waals surface area contributed by atoms with E-state index in [0.29, 0.717) is 0 Å². The van der Waals surface area contributed by atoms with Gasteiger partial charge in [-0.05, 0) is 43.0 Å². The van der Waals surface area contributed by atoms with Crippen LogP contribution in [0.3, 0.4) is 0 Å². The first-order chi connectivity index (χ1) is 16.2. The molecule has 34 heavy (non-hydrogen) atoms. The Bertz CT molecular complexity index is 992. The van der Waals surface area contributed by atoms with Gasteiger partial charge in [-0.25, -0.2) is 4.79 Å². The van der Waals surface area contributed by atoms with Gasteiger partial charge in [0.1, 0.15) is 12.6 Å². The lowest BCUT2D eigenvalue weighted by Crippen LogP contribution is -2.56. The molecule has 182 valence electrons. The third kappa shape index (κ3) is 5.56. The van der Waals surface area contributed by atoms with Gasteiger partial charge in [0.05, 0.1) is 12.5 Å². The summed E-state index contributed by atoms with van der Waals surface area (Å²) in [6, 6.07) is 14.8. The first-order valence-electron chi connectivity index (χ1n) is 11.4. The largest absolute Gasteiger partial charge is 0.481 e. The van der Waals surface area contributed by atoms with Gasteiger partial charge in [-0.3, -0.25) is 9.59 Å². The number of aliphatic carboxylic acids is 1. The summed E-state index contributed by atoms with van der Waals surface area (Å²) in [5, 5.41) is 11.7. The molecule has 2 unspecified atom stereocenters. The van der Waals surface area contributed by atoms with Crippen LogP contribution in [0.5, 0.6) is 0 Å². The van der Waals surface area contributed by atoms with Crippen LogP contribution < -0.4 is 5.32 Å². The molecule has 2 aromatic carbocycles. The zero-order valence-electron chi connectivity index (χ0n) is 20.0. The van der Waals surface area contributed by atoms with E-state index in [0.717, 1.165) is 22.3 Å². The average molecular weight is 469 g/mol. The Hall–Kier alpha value is -3.39. The van der Waals surface area contributed by atoms with Crippen LogP contribution in [0, 0.1) is 0 Å². The summed E-state index contributed by atoms with van der Waals surface area (Å²) in [5.74, 6) is -1.52. The van der Waals surface area contributed by atoms with E-state index in [9.17, 15) is 14.4 Å². The first kappa shape index (κ1) is 25.2. The Kier molecular flexibility index (Phi) is 8.28. The SMILES string of the molecule is COC(C)C(NC(=O)OCC1c2ccccc2-c2ccccc21)C(=O)N(CCC(=O)O)C(C)C. The third-order valence-corrected chi connectivity index (χ3v) is 6.20. The molecule has 3 rings (SSSR count). The minimum Gasteiger partial charge on any atom is -0.481 e. The Balaban J connectivity index is 1.71. The second kappa shape index (κ2) is 11.2. The molecule has 2 amide bonds. The second-order valence-corrected chi connectivity index (χ2v) is 8.66. The van der Waals surface area contributed by atoms with Crippen LogP contribution in [0.15, 0.2) is 48.5 Å². The van der Waals surface area contributed by atoms with Crippen LogP contribution in [-0.4, -0.2) is 66.4 Å². The van der Waals surface area contributed by atoms with Gasteiger partial charge in [0.2, 0.25) is 5.91 Å². The number of carbonyl (C=O) groups excluding carboxylic acids is 2. The minimum atomic E-state index is -1.02. The van der Waals surface area contributed by atoms with E-state index in [1.54, 1.807) is 20.8 Å². The van der Waals surface area contributed by atoms with Crippen molar-refractivity contribution in [1.82, 2.24) is 10.2 Å². The average Bonchev–Trinajstić information content (AvgIpc) is 3.14. The quantitative estimate of drug-likeness (QED) is 0.552. The van der Waals surface area contributed by atoms with E-state index in [1.807, 2.05) is 36.4 Å². The van der Waals surface area contributed by atoms with Crippen molar-refractivity contribution < 1.29 is 29.0 Å². The summed E-state index contributed by atoms with van der Waals surface area (Å²) in [6.45, 7) is 5.41. The van der Waals surface area contributed by atoms with Crippen molar-refractivity contribution in [3.8, 4) is 11.1 Å². The van der Waals surface area contributed by atoms with E-state index in [4.69, 9.17) is 14.6 Å². The highest BCUT2D eigenvalue weighted by molar-refractivity contribution is 5.87. The number of carbonyl (C=O) groups is 3. The Morgan fingerprint density at radius 2 is 1.56 bits per heavy atom. The van der Waals surface area contributed by atoms with Crippen LogP contribution in [0.4, 0.5) is 4.79 Å². The van der Waals surface area contributed by atoms with E-state index < -0.39 is 30.1 Å². The predicted octanol–water partition coefficient (Wildman–Crippen LogP) is 3.64. The predicted molar refractivity (Wildman–Crippen MR) is 128 cm³/mol. The molecule has 0 saturated carbocycles. The van der Waals surface area contributed by atoms with Crippen LogP contribution in [0.2, 0.25) is 0 Å². The van der Waals surface area contributed by atoms with Gasteiger partial charge in [-0.15, -0.1) is 0 Å². The Morgan fingerprint density at radius 3 is 2.06 bits per heavy atom. The topological polar surface area (TPSA) is 105 Å². The van der Waals surface area contributed by atoms with E-state index in [2.05, 4.69) is 17.4 Å². The van der Waals surface area contributed by atoms with Crippen molar-refractivity contribution in [2.24, 2.45) is 0 Å². The number of hydrogen-bond donors (Lipinski definition) is 2. The number of carboxylic acids is 1. The van der Waals surface area contributed by atoms with Crippen molar-refractivity contribution in [2.45, 2.75) is 51.3 Å². The summed E-state index contributed by atoms with van der Waals surface area (Å²) in [5.41, 5.74) is 4.43. The molecule has 2 aromatic rings. The molecule has 0 spiro atoms. The van der Waals surface area contributed by atoms with Gasteiger partial charge >= 0.3 is 12.1 Å². The van der Waals surface area contributed by atoms with Crippen molar-refractivity contribution in [1.29, 1.82) is 0 Å². The van der Waals surface area contributed by atoms with Gasteiger partial charge in [0.25, 0.3) is 0 Å². The van der Waals surface area contributed by atoms with Gasteiger partial charge in [-0.1, -0.05) is 48.5 Å². The van der Waals surface area contributed by atoms with E-state index >= 15 is 0 Å². The molecule has 1 aliphatic rings. The van der Waals surface area contributed by atoms with E-state index in [1.165, 1.54) is 12.0 Å². The maximum Gasteiger partial charge on any atom is 0.407 e. The lowest BCUT2D eigenvalue weighted by atomic mass is 9.98. The number of rotatable bonds is 10. The molecule has 8 heteroatoms. The van der Waals surface area contributed by atoms with Gasteiger partial charge in [0.15, 0.2) is 0 Å². The lowest BCUT2D eigenvalue weighted by molar-refractivity contribution is -0.141. The molecular formula is C26H32N2O6.